The molecule has 5 heterocycles. The molecule has 15 rings (SSSR count). The summed E-state index contributed by atoms with van der Waals surface area (Å²) in [5, 5.41) is 25.0. The van der Waals surface area contributed by atoms with Crippen molar-refractivity contribution >= 4 is 124 Å². The van der Waals surface area contributed by atoms with E-state index in [0.717, 1.165) is 114 Å². The number of pyridine rings is 1. The van der Waals surface area contributed by atoms with E-state index in [-0.39, 0.29) is 0 Å². The van der Waals surface area contributed by atoms with Crippen LogP contribution >= 0.6 is 11.3 Å². The van der Waals surface area contributed by atoms with Crippen molar-refractivity contribution in [1.29, 1.82) is 5.26 Å². The van der Waals surface area contributed by atoms with Gasteiger partial charge < -0.3 is 13.6 Å². The lowest BCUT2D eigenvalue weighted by molar-refractivity contribution is 0.673. The summed E-state index contributed by atoms with van der Waals surface area (Å²) in [6, 6.07) is 65.8. The number of nitrogens with zero attached hydrogens (tertiary/aromatic N) is 5. The van der Waals surface area contributed by atoms with E-state index in [1.165, 1.54) is 10.1 Å². The largest absolute Gasteiger partial charge is 0.455 e. The van der Waals surface area contributed by atoms with Crippen LogP contribution in [0.3, 0.4) is 0 Å². The molecule has 15 aromatic rings. The lowest BCUT2D eigenvalue weighted by Crippen LogP contribution is -2.09. The van der Waals surface area contributed by atoms with Gasteiger partial charge in [-0.1, -0.05) is 146 Å². The molecule has 312 valence electrons. The van der Waals surface area contributed by atoms with Gasteiger partial charge >= 0.3 is 0 Å². The zero-order chi connectivity index (χ0) is 44.8. The van der Waals surface area contributed by atoms with Gasteiger partial charge in [-0.25, -0.2) is 9.83 Å². The van der Waals surface area contributed by atoms with Crippen LogP contribution in [-0.2, 0) is 0 Å². The van der Waals surface area contributed by atoms with Crippen molar-refractivity contribution in [2.24, 2.45) is 0 Å². The van der Waals surface area contributed by atoms with Crippen molar-refractivity contribution < 1.29 is 4.42 Å². The van der Waals surface area contributed by atoms with E-state index in [9.17, 15) is 11.8 Å². The number of fused-ring (bicyclic) bond motifs is 14. The van der Waals surface area contributed by atoms with E-state index in [2.05, 4.69) is 141 Å². The number of hydrogen-bond acceptors (Lipinski definition) is 4. The van der Waals surface area contributed by atoms with Gasteiger partial charge in [0, 0.05) is 59.7 Å². The van der Waals surface area contributed by atoms with Crippen LogP contribution in [0.25, 0.3) is 146 Å². The van der Waals surface area contributed by atoms with Gasteiger partial charge in [0.2, 0.25) is 5.69 Å². The summed E-state index contributed by atoms with van der Waals surface area (Å²) in [6.07, 6.45) is 1.89. The van der Waals surface area contributed by atoms with Crippen LogP contribution in [0.2, 0.25) is 0 Å². The molecule has 0 fully saturated rings. The van der Waals surface area contributed by atoms with Crippen LogP contribution in [-0.4, -0.2) is 14.1 Å². The van der Waals surface area contributed by atoms with E-state index in [4.69, 9.17) is 9.40 Å². The number of benzene rings is 10. The Bertz CT molecular complexity index is 4660. The number of rotatable bonds is 4. The van der Waals surface area contributed by atoms with Crippen LogP contribution in [0, 0.1) is 17.9 Å². The maximum absolute atomic E-state index is 12.0. The van der Waals surface area contributed by atoms with Crippen LogP contribution in [0.4, 0.5) is 5.69 Å². The molecule has 0 N–H and O–H groups in total. The molecule has 0 aliphatic carbocycles. The second-order valence-electron chi connectivity index (χ2n) is 17.5. The predicted octanol–water partition coefficient (Wildman–Crippen LogP) is 17.0. The minimum atomic E-state index is 0.371. The summed E-state index contributed by atoms with van der Waals surface area (Å²) in [7, 11) is 0. The van der Waals surface area contributed by atoms with Crippen LogP contribution in [0.5, 0.6) is 0 Å². The molecule has 0 unspecified atom stereocenters. The molecular formula is C61H31N5OS. The molecule has 0 amide bonds. The zero-order valence-corrected chi connectivity index (χ0v) is 36.8. The third-order valence-corrected chi connectivity index (χ3v) is 15.4. The third-order valence-electron chi connectivity index (χ3n) is 14.2. The van der Waals surface area contributed by atoms with Gasteiger partial charge in [0.25, 0.3) is 0 Å². The zero-order valence-electron chi connectivity index (χ0n) is 36.0. The minimum absolute atomic E-state index is 0.371. The summed E-state index contributed by atoms with van der Waals surface area (Å²) in [4.78, 5) is 9.78. The van der Waals surface area contributed by atoms with Crippen molar-refractivity contribution in [2.45, 2.75) is 0 Å². The number of thiophene rings is 1. The van der Waals surface area contributed by atoms with Gasteiger partial charge in [-0.3, -0.25) is 0 Å². The van der Waals surface area contributed by atoms with Crippen molar-refractivity contribution in [3.63, 3.8) is 0 Å². The molecule has 10 aromatic carbocycles. The van der Waals surface area contributed by atoms with Gasteiger partial charge in [0.1, 0.15) is 22.9 Å². The summed E-state index contributed by atoms with van der Waals surface area (Å²) >= 11 is 1.76. The highest BCUT2D eigenvalue weighted by Gasteiger charge is 2.34. The van der Waals surface area contributed by atoms with E-state index in [1.54, 1.807) is 11.3 Å². The Kier molecular flexibility index (Phi) is 7.42. The summed E-state index contributed by atoms with van der Waals surface area (Å²) in [6.45, 7) is 9.31. The minimum Gasteiger partial charge on any atom is -0.455 e. The van der Waals surface area contributed by atoms with Crippen molar-refractivity contribution in [3.8, 4) is 39.7 Å². The Labute approximate surface area is 391 Å². The summed E-state index contributed by atoms with van der Waals surface area (Å²) in [5.41, 5.74) is 10.2. The van der Waals surface area contributed by atoms with E-state index >= 15 is 0 Å². The van der Waals surface area contributed by atoms with Crippen LogP contribution < -0.4 is 0 Å². The van der Waals surface area contributed by atoms with Crippen molar-refractivity contribution in [2.75, 3.05) is 0 Å². The van der Waals surface area contributed by atoms with Crippen molar-refractivity contribution in [1.82, 2.24) is 14.1 Å². The molecule has 6 nitrogen and oxygen atoms in total. The Morgan fingerprint density at radius 2 is 1.15 bits per heavy atom. The molecule has 0 atom stereocenters. The molecule has 5 aromatic heterocycles. The van der Waals surface area contributed by atoms with Gasteiger partial charge in [0.15, 0.2) is 0 Å². The fraction of sp³-hybridized carbons (Fsp3) is 0. The molecule has 0 aliphatic heterocycles. The highest BCUT2D eigenvalue weighted by Crippen LogP contribution is 2.55. The smallest absolute Gasteiger partial charge is 0.220 e. The highest BCUT2D eigenvalue weighted by molar-refractivity contribution is 7.26. The SMILES string of the molecule is [C-]#[N+]c1c(-c2ccccc2)c(C#N)c(-n2c3ccc4c5ccccc5oc4c3c3ccc4c5ccccc5sc4c32)c(-c2ccccc2)c1-n1c2cccc3c4ccccc4c4ccnc1c4c32. The number of aromatic nitrogens is 3. The first kappa shape index (κ1) is 37.0. The van der Waals surface area contributed by atoms with Gasteiger partial charge in [-0.2, -0.15) is 5.26 Å². The first-order chi connectivity index (χ1) is 33.7. The summed E-state index contributed by atoms with van der Waals surface area (Å²) in [5.74, 6) is 0. The lowest BCUT2D eigenvalue weighted by Gasteiger charge is -2.25. The van der Waals surface area contributed by atoms with E-state index in [0.29, 0.717) is 28.2 Å². The first-order valence-corrected chi connectivity index (χ1v) is 23.4. The molecular weight excluding hydrogens is 851 g/mol. The Hall–Kier alpha value is -9.27. The molecule has 0 spiro atoms. The molecule has 7 heteroatoms. The number of hydrogen-bond donors (Lipinski definition) is 0. The maximum atomic E-state index is 12.0. The first-order valence-electron chi connectivity index (χ1n) is 22.6. The molecule has 0 aliphatic rings. The Balaban J connectivity index is 1.25. The topological polar surface area (TPSA) is 64.0 Å². The fourth-order valence-electron chi connectivity index (χ4n) is 11.5. The Morgan fingerprint density at radius 1 is 0.515 bits per heavy atom. The monoisotopic (exact) mass is 881 g/mol. The fourth-order valence-corrected chi connectivity index (χ4v) is 12.7. The molecule has 0 saturated carbocycles. The summed E-state index contributed by atoms with van der Waals surface area (Å²) < 4.78 is 13.7. The second-order valence-corrected chi connectivity index (χ2v) is 18.5. The third kappa shape index (κ3) is 4.69. The molecule has 0 radical (unpaired) electrons. The number of nitriles is 1. The van der Waals surface area contributed by atoms with Gasteiger partial charge in [0.05, 0.1) is 50.1 Å². The number of furan rings is 1. The highest BCUT2D eigenvalue weighted by atomic mass is 32.1. The Morgan fingerprint density at radius 3 is 1.91 bits per heavy atom. The van der Waals surface area contributed by atoms with E-state index in [1.807, 2.05) is 66.9 Å². The second kappa shape index (κ2) is 13.6. The lowest BCUT2D eigenvalue weighted by atomic mass is 9.88. The average molecular weight is 882 g/mol. The van der Waals surface area contributed by atoms with E-state index < -0.39 is 0 Å². The van der Waals surface area contributed by atoms with Gasteiger partial charge in [-0.05, 0) is 69.1 Å². The quantitative estimate of drug-likeness (QED) is 0.131. The molecule has 68 heavy (non-hydrogen) atoms. The average Bonchev–Trinajstić information content (AvgIpc) is 4.16. The van der Waals surface area contributed by atoms with Crippen LogP contribution in [0.15, 0.2) is 193 Å². The number of para-hydroxylation sites is 1. The maximum Gasteiger partial charge on any atom is 0.220 e. The molecule has 0 saturated heterocycles. The van der Waals surface area contributed by atoms with Crippen molar-refractivity contribution in [3.05, 3.63) is 205 Å². The van der Waals surface area contributed by atoms with Gasteiger partial charge in [-0.15, -0.1) is 11.3 Å². The predicted molar refractivity (Wildman–Crippen MR) is 281 cm³/mol. The standard InChI is InChI=1S/C61H31N5OS/c1-63-55-50(34-15-4-2-5-16-34)45(33-62)56(51(35-17-6-3-7-18-35)58(55)66-46-24-14-23-40-36-19-8-9-20-37(36)41-31-32-64-61(66)54(41)52(40)46)65-47-30-29-42-38-21-10-12-25-48(38)67-59(42)53(47)44-28-27-43-39-22-11-13-26-49(39)68-60(43)57(44)65/h2-32H. The van der Waals surface area contributed by atoms with Crippen LogP contribution in [0.1, 0.15) is 5.56 Å². The normalized spacial score (nSPS) is 12.1. The molecule has 0 bridgehead atoms.